The minimum absolute atomic E-state index is 0.00898. The molecule has 6 aliphatic rings. The minimum Gasteiger partial charge on any atom is -0.494 e. The summed E-state index contributed by atoms with van der Waals surface area (Å²) in [5, 5.41) is 48.6. The predicted octanol–water partition coefficient (Wildman–Crippen LogP) is 4.63. The first-order valence-corrected chi connectivity index (χ1v) is 41.8. The Balaban J connectivity index is 0.993. The van der Waals surface area contributed by atoms with Crippen LogP contribution in [0.15, 0.2) is 140 Å². The molecule has 0 spiro atoms. The summed E-state index contributed by atoms with van der Waals surface area (Å²) in [4.78, 5) is 161. The van der Waals surface area contributed by atoms with E-state index in [0.717, 1.165) is 21.5 Å². The molecule has 0 radical (unpaired) electrons. The van der Waals surface area contributed by atoms with Crippen molar-refractivity contribution in [2.75, 3.05) is 46.1 Å². The number of aliphatic carboxylic acids is 1. The highest BCUT2D eigenvalue weighted by Gasteiger charge is 2.49. The van der Waals surface area contributed by atoms with E-state index in [1.807, 2.05) is 99.6 Å². The number of ether oxygens (including phenoxy) is 2. The van der Waals surface area contributed by atoms with Gasteiger partial charge in [-0.05, 0) is 145 Å². The number of carbonyl (C=O) groups excluding carboxylic acids is 10. The maximum atomic E-state index is 15.5. The van der Waals surface area contributed by atoms with Crippen LogP contribution in [-0.4, -0.2) is 210 Å². The summed E-state index contributed by atoms with van der Waals surface area (Å²) in [6.07, 6.45) is 2.45. The van der Waals surface area contributed by atoms with Crippen LogP contribution in [0.5, 0.6) is 11.5 Å². The summed E-state index contributed by atoms with van der Waals surface area (Å²) in [5.74, 6) is -8.11. The Morgan fingerprint density at radius 1 is 0.593 bits per heavy atom. The summed E-state index contributed by atoms with van der Waals surface area (Å²) in [6, 6.07) is 26.4. The van der Waals surface area contributed by atoms with Gasteiger partial charge in [0.2, 0.25) is 63.2 Å². The number of nitrogens with zero attached hydrogens (tertiary/aromatic N) is 5. The fraction of sp³-hybridized carbons (Fsp3) is 0.477. The lowest BCUT2D eigenvalue weighted by Crippen LogP contribution is -2.61. The molecular formula is C86H111N15O16S. The molecule has 2 saturated heterocycles. The molecule has 2 fully saturated rings. The molecular weight excluding hydrogens is 1530 g/mol. The number of aromatic nitrogens is 3. The zero-order valence-corrected chi connectivity index (χ0v) is 69.6. The number of nitrogens with one attached hydrogen (secondary N) is 10. The van der Waals surface area contributed by atoms with E-state index < -0.39 is 152 Å². The Morgan fingerprint density at radius 2 is 1.08 bits per heavy atom. The van der Waals surface area contributed by atoms with Crippen LogP contribution in [0.3, 0.4) is 0 Å². The lowest BCUT2D eigenvalue weighted by molar-refractivity contribution is -0.145. The number of rotatable bonds is 19. The van der Waals surface area contributed by atoms with Gasteiger partial charge in [-0.1, -0.05) is 156 Å². The number of hydrogen-bond acceptors (Lipinski definition) is 19. The largest absolute Gasteiger partial charge is 0.494 e. The highest BCUT2D eigenvalue weighted by Crippen LogP contribution is 2.35. The van der Waals surface area contributed by atoms with Crippen LogP contribution < -0.4 is 62.0 Å². The van der Waals surface area contributed by atoms with Crippen molar-refractivity contribution in [1.82, 2.24) is 77.4 Å². The number of carboxylic acids is 1. The monoisotopic (exact) mass is 1640 g/mol. The Kier molecular flexibility index (Phi) is 29.9. The molecule has 10 bridgehead atoms. The van der Waals surface area contributed by atoms with Crippen molar-refractivity contribution in [3.05, 3.63) is 168 Å². The van der Waals surface area contributed by atoms with E-state index in [1.165, 1.54) is 21.4 Å². The number of fused-ring (bicyclic) bond motifs is 2. The molecule has 0 unspecified atom stereocenters. The van der Waals surface area contributed by atoms with Crippen molar-refractivity contribution in [2.45, 2.75) is 200 Å². The third-order valence-corrected chi connectivity index (χ3v) is 23.2. The first-order valence-electron chi connectivity index (χ1n) is 40.1. The Hall–Kier alpha value is -11.4. The fourth-order valence-electron chi connectivity index (χ4n) is 14.8. The zero-order valence-electron chi connectivity index (χ0n) is 68.7. The SMILES string of the molecule is CN[C@@H](C)C(=O)N[C@H](C(=O)N1C[C@H]2CCCCOc3ccc(cc3)C[C@@H](C(=O)NS(=O)(=O)CCCNC(C)=O)NC(=O)[C@H](Cc3ccc4ccccc4c3)NC(=O)[C@@H]3C[C@@H](CN3C(=O)[C@@H](NC(=O)[C@H](C)NC)C(C)(C)C)n3cc(nn3)COc3ccc(cc3)C[C@@H](C(=O)O)NC(=O)[C@H](Cc3ccc4ccccc4c3)NC(=O)[C@@H]1C2)C(C)(C)C. The van der Waals surface area contributed by atoms with Crippen LogP contribution in [0.1, 0.15) is 135 Å². The molecule has 10 amide bonds. The van der Waals surface area contributed by atoms with Crippen LogP contribution in [0.25, 0.3) is 21.5 Å². The van der Waals surface area contributed by atoms with Crippen LogP contribution in [0.4, 0.5) is 0 Å². The van der Waals surface area contributed by atoms with E-state index in [-0.39, 0.29) is 89.6 Å². The molecule has 632 valence electrons. The van der Waals surface area contributed by atoms with Crippen molar-refractivity contribution in [3.8, 4) is 11.5 Å². The molecule has 13 rings (SSSR count). The van der Waals surface area contributed by atoms with Gasteiger partial charge in [0.05, 0.1) is 36.7 Å². The molecule has 12 atom stereocenters. The highest BCUT2D eigenvalue weighted by molar-refractivity contribution is 7.90. The van der Waals surface area contributed by atoms with E-state index >= 15 is 24.0 Å². The number of sulfonamides is 1. The lowest BCUT2D eigenvalue weighted by Gasteiger charge is -2.36. The summed E-state index contributed by atoms with van der Waals surface area (Å²) >= 11 is 0. The standard InChI is InChI=1S/C86H111N15O16S/c1-51(87-10)75(103)94-73(85(4,5)6)82(110)99-47-58-19-16-17-37-116-65-32-26-54(27-33-65)41-69(79(107)97-118(114,115)38-18-36-89-53(3)102)90-77(105)67(43-56-24-30-59-20-12-14-22-61(59)39-56)92-81(109)72-46-64(49-100(72)83(111)74(86(7,8)9)95-76(104)52(2)88-11)101-48-63(96-98-101)50-117-66-34-28-55(29-35-66)42-70(84(112)113)93-78(106)68(91-80(108)71(99)45-58)44-57-25-31-60-21-13-15-23-62(60)40-57/h12-15,20-35,39-40,48,51-52,58,64,67-74,87-88H,16-19,36-38,41-47,49-50H2,1-11H3,(H,89,102)(H,90,105)(H,91,108)(H,92,109)(H,93,106)(H,94,103)(H,95,104)(H,97,107)(H,112,113)/t51-,52-,58-,64-,67-,68-,69-,70-,71-,72-,73+,74+/m0/s1. The number of carbonyl (C=O) groups is 11. The molecule has 32 heteroatoms. The van der Waals surface area contributed by atoms with Crippen molar-refractivity contribution < 1.29 is 75.7 Å². The number of benzene rings is 6. The van der Waals surface area contributed by atoms with Gasteiger partial charge in [-0.2, -0.15) is 0 Å². The van der Waals surface area contributed by atoms with Gasteiger partial charge in [-0.3, -0.25) is 52.7 Å². The van der Waals surface area contributed by atoms with E-state index in [0.29, 0.717) is 58.7 Å². The number of likely N-dealkylation sites (N-methyl/N-ethyl adjacent to an activating group) is 2. The van der Waals surface area contributed by atoms with Crippen LogP contribution in [-0.2, 0) is 95.1 Å². The van der Waals surface area contributed by atoms with Crippen molar-refractivity contribution in [3.63, 3.8) is 0 Å². The van der Waals surface area contributed by atoms with Gasteiger partial charge in [0, 0.05) is 58.7 Å². The summed E-state index contributed by atoms with van der Waals surface area (Å²) in [6.45, 7) is 15.3. The summed E-state index contributed by atoms with van der Waals surface area (Å²) in [7, 11) is -1.18. The zero-order chi connectivity index (χ0) is 85.3. The van der Waals surface area contributed by atoms with Crippen LogP contribution in [0, 0.1) is 16.7 Å². The molecule has 0 aliphatic carbocycles. The van der Waals surface area contributed by atoms with Crippen molar-refractivity contribution in [1.29, 1.82) is 0 Å². The molecule has 1 aromatic heterocycles. The van der Waals surface area contributed by atoms with E-state index in [1.54, 1.807) is 110 Å². The van der Waals surface area contributed by atoms with E-state index in [4.69, 9.17) is 9.47 Å². The molecule has 7 heterocycles. The second-order valence-electron chi connectivity index (χ2n) is 33.1. The molecule has 0 saturated carbocycles. The Labute approximate surface area is 687 Å². The molecule has 6 aromatic carbocycles. The van der Waals surface area contributed by atoms with Gasteiger partial charge in [0.25, 0.3) is 5.91 Å². The average molecular weight is 1640 g/mol. The van der Waals surface area contributed by atoms with Crippen LogP contribution >= 0.6 is 0 Å². The lowest BCUT2D eigenvalue weighted by atomic mass is 9.85. The summed E-state index contributed by atoms with van der Waals surface area (Å²) in [5.41, 5.74) is 0.721. The van der Waals surface area contributed by atoms with Crippen molar-refractivity contribution >= 4 is 96.6 Å². The van der Waals surface area contributed by atoms with Gasteiger partial charge in [0.1, 0.15) is 72.1 Å². The Morgan fingerprint density at radius 3 is 1.58 bits per heavy atom. The quantitative estimate of drug-likeness (QED) is 0.0492. The fourth-order valence-corrected chi connectivity index (χ4v) is 15.9. The molecule has 11 N–H and O–H groups in total. The number of likely N-dealkylation sites (tertiary alicyclic amines) is 2. The Bertz CT molecular complexity index is 4890. The first-order chi connectivity index (χ1) is 56.0. The first kappa shape index (κ1) is 89.0. The second-order valence-corrected chi connectivity index (χ2v) is 35.0. The maximum Gasteiger partial charge on any atom is 0.326 e. The maximum absolute atomic E-state index is 15.5. The second kappa shape index (κ2) is 39.7. The van der Waals surface area contributed by atoms with Gasteiger partial charge in [-0.15, -0.1) is 5.10 Å². The highest BCUT2D eigenvalue weighted by atomic mass is 32.2. The van der Waals surface area contributed by atoms with Gasteiger partial charge in [-0.25, -0.2) is 17.9 Å². The summed E-state index contributed by atoms with van der Waals surface area (Å²) < 4.78 is 43.5. The third-order valence-electron chi connectivity index (χ3n) is 21.9. The van der Waals surface area contributed by atoms with Gasteiger partial charge < -0.3 is 72.2 Å². The number of carboxylic acid groups (broad SMARTS) is 1. The van der Waals surface area contributed by atoms with Gasteiger partial charge >= 0.3 is 5.97 Å². The third kappa shape index (κ3) is 24.2. The normalized spacial score (nSPS) is 21.3. The van der Waals surface area contributed by atoms with E-state index in [2.05, 4.69) is 62.9 Å². The predicted molar refractivity (Wildman–Crippen MR) is 442 cm³/mol. The molecule has 7 aromatic rings. The van der Waals surface area contributed by atoms with E-state index in [9.17, 15) is 42.3 Å². The number of amides is 10. The van der Waals surface area contributed by atoms with Crippen LogP contribution in [0.2, 0.25) is 0 Å². The van der Waals surface area contributed by atoms with Gasteiger partial charge in [0.15, 0.2) is 0 Å². The minimum atomic E-state index is -4.40. The smallest absolute Gasteiger partial charge is 0.326 e. The molecule has 31 nitrogen and oxygen atoms in total. The van der Waals surface area contributed by atoms with Crippen molar-refractivity contribution in [2.24, 2.45) is 16.7 Å². The number of hydrogen-bond donors (Lipinski definition) is 11. The molecule has 118 heavy (non-hydrogen) atoms. The average Bonchev–Trinajstić information content (AvgIpc) is 1.63. The molecule has 6 aliphatic heterocycles. The topological polar surface area (TPSA) is 418 Å².